The van der Waals surface area contributed by atoms with Crippen LogP contribution in [-0.2, 0) is 0 Å². The second-order valence-corrected chi connectivity index (χ2v) is 13.5. The van der Waals surface area contributed by atoms with E-state index in [4.69, 9.17) is 4.99 Å². The maximum Gasteiger partial charge on any atom is 0.1000 e. The van der Waals surface area contributed by atoms with Crippen LogP contribution in [0.5, 0.6) is 0 Å². The van der Waals surface area contributed by atoms with Gasteiger partial charge in [-0.2, -0.15) is 0 Å². The molecule has 0 amide bonds. The first-order valence-corrected chi connectivity index (χ1v) is 15.0. The Balaban J connectivity index is 1.98. The highest BCUT2D eigenvalue weighted by Gasteiger charge is 2.40. The van der Waals surface area contributed by atoms with Crippen molar-refractivity contribution in [3.63, 3.8) is 0 Å². The van der Waals surface area contributed by atoms with E-state index in [1.54, 1.807) is 0 Å². The Hall–Kier alpha value is -0.530. The van der Waals surface area contributed by atoms with Crippen LogP contribution in [0.3, 0.4) is 0 Å². The summed E-state index contributed by atoms with van der Waals surface area (Å²) in [6.07, 6.45) is 15.2. The van der Waals surface area contributed by atoms with Crippen molar-refractivity contribution in [2.75, 3.05) is 0 Å². The second kappa shape index (κ2) is 12.4. The van der Waals surface area contributed by atoms with Crippen LogP contribution in [0, 0.1) is 53.3 Å². The largest absolute Gasteiger partial charge is 0.370 e. The number of hydrogen-bond acceptors (Lipinski definition) is 1. The lowest BCUT2D eigenvalue weighted by molar-refractivity contribution is 0.123. The van der Waals surface area contributed by atoms with E-state index in [0.29, 0.717) is 18.0 Å². The van der Waals surface area contributed by atoms with Crippen LogP contribution in [0.1, 0.15) is 126 Å². The molecule has 0 aromatic carbocycles. The summed E-state index contributed by atoms with van der Waals surface area (Å²) in [6, 6.07) is 1.12. The molecule has 192 valence electrons. The summed E-state index contributed by atoms with van der Waals surface area (Å²) < 4.78 is 0. The average molecular weight is 459 g/mol. The second-order valence-electron chi connectivity index (χ2n) is 13.5. The van der Waals surface area contributed by atoms with Gasteiger partial charge in [-0.15, -0.1) is 0 Å². The van der Waals surface area contributed by atoms with Gasteiger partial charge >= 0.3 is 0 Å². The predicted molar refractivity (Wildman–Crippen MR) is 146 cm³/mol. The Morgan fingerprint density at radius 3 is 1.39 bits per heavy atom. The zero-order chi connectivity index (χ0) is 24.1. The quantitative estimate of drug-likeness (QED) is 0.299. The molecule has 0 bridgehead atoms. The summed E-state index contributed by atoms with van der Waals surface area (Å²) in [5.74, 6) is 8.14. The third-order valence-corrected chi connectivity index (χ3v) is 9.97. The van der Waals surface area contributed by atoms with Gasteiger partial charge in [0.25, 0.3) is 0 Å². The number of aliphatic imine (C=N–C) groups is 1. The molecule has 0 radical (unpaired) electrons. The fourth-order valence-electron chi connectivity index (χ4n) is 7.84. The molecule has 0 aromatic rings. The molecule has 3 rings (SSSR count). The van der Waals surface area contributed by atoms with Crippen molar-refractivity contribution in [2.45, 2.75) is 138 Å². The van der Waals surface area contributed by atoms with Gasteiger partial charge in [0, 0.05) is 12.0 Å². The molecule has 3 saturated carbocycles. The molecule has 0 aromatic heterocycles. The topological polar surface area (TPSA) is 24.4 Å². The minimum absolute atomic E-state index is 0.516. The fourth-order valence-corrected chi connectivity index (χ4v) is 7.84. The molecule has 0 spiro atoms. The van der Waals surface area contributed by atoms with E-state index in [1.165, 1.54) is 76.5 Å². The van der Waals surface area contributed by atoms with E-state index in [0.717, 1.165) is 47.3 Å². The lowest BCUT2D eigenvalue weighted by Gasteiger charge is -2.45. The third kappa shape index (κ3) is 6.78. The van der Waals surface area contributed by atoms with Gasteiger partial charge in [0.05, 0.1) is 11.9 Å². The van der Waals surface area contributed by atoms with Crippen LogP contribution >= 0.6 is 0 Å². The van der Waals surface area contributed by atoms with Crippen molar-refractivity contribution < 1.29 is 0 Å². The summed E-state index contributed by atoms with van der Waals surface area (Å²) in [5, 5.41) is 4.30. The highest BCUT2D eigenvalue weighted by molar-refractivity contribution is 5.85. The Morgan fingerprint density at radius 1 is 0.545 bits per heavy atom. The lowest BCUT2D eigenvalue weighted by Crippen LogP contribution is -2.53. The molecule has 33 heavy (non-hydrogen) atoms. The SMILES string of the molecule is CC(C)C1CCCC(C(C)C)C1N=C(NC1C(C(C)C)CCCC1C(C)C)C1CCCCC1. The summed E-state index contributed by atoms with van der Waals surface area (Å²) in [6.45, 7) is 19.7. The summed E-state index contributed by atoms with van der Waals surface area (Å²) in [7, 11) is 0. The number of amidine groups is 1. The highest BCUT2D eigenvalue weighted by atomic mass is 15.1. The van der Waals surface area contributed by atoms with Crippen molar-refractivity contribution in [1.29, 1.82) is 0 Å². The van der Waals surface area contributed by atoms with E-state index in [-0.39, 0.29) is 0 Å². The molecule has 0 heterocycles. The maximum atomic E-state index is 5.85. The molecule has 2 heteroatoms. The minimum atomic E-state index is 0.516. The Labute approximate surface area is 207 Å². The van der Waals surface area contributed by atoms with E-state index in [1.807, 2.05) is 0 Å². The Morgan fingerprint density at radius 2 is 0.970 bits per heavy atom. The first kappa shape index (κ1) is 27.1. The molecule has 4 atom stereocenters. The average Bonchev–Trinajstić information content (AvgIpc) is 2.78. The van der Waals surface area contributed by atoms with Crippen LogP contribution < -0.4 is 5.32 Å². The summed E-state index contributed by atoms with van der Waals surface area (Å²) >= 11 is 0. The molecule has 0 saturated heterocycles. The lowest BCUT2D eigenvalue weighted by atomic mass is 9.68. The van der Waals surface area contributed by atoms with E-state index < -0.39 is 0 Å². The van der Waals surface area contributed by atoms with E-state index >= 15 is 0 Å². The van der Waals surface area contributed by atoms with Gasteiger partial charge in [0.2, 0.25) is 0 Å². The monoisotopic (exact) mass is 458 g/mol. The van der Waals surface area contributed by atoms with Gasteiger partial charge in [0.1, 0.15) is 0 Å². The maximum absolute atomic E-state index is 5.85. The third-order valence-electron chi connectivity index (χ3n) is 9.97. The molecular formula is C31H58N2. The highest BCUT2D eigenvalue weighted by Crippen LogP contribution is 2.42. The number of nitrogens with zero attached hydrogens (tertiary/aromatic N) is 1. The predicted octanol–water partition coefficient (Wildman–Crippen LogP) is 8.75. The standard InChI is InChI=1S/C31H58N2/c1-20(2)25-16-12-17-26(21(3)4)29(25)32-31(24-14-10-9-11-15-24)33-30-27(22(5)6)18-13-19-28(30)23(7)8/h20-30H,9-19H2,1-8H3,(H,32,33). The van der Waals surface area contributed by atoms with Gasteiger partial charge in [0.15, 0.2) is 0 Å². The van der Waals surface area contributed by atoms with E-state index in [2.05, 4.69) is 60.7 Å². The van der Waals surface area contributed by atoms with Gasteiger partial charge in [-0.25, -0.2) is 0 Å². The number of rotatable bonds is 7. The molecule has 4 unspecified atom stereocenters. The summed E-state index contributed by atoms with van der Waals surface area (Å²) in [4.78, 5) is 5.85. The Bertz CT molecular complexity index is 566. The van der Waals surface area contributed by atoms with Crippen molar-refractivity contribution in [3.8, 4) is 0 Å². The molecule has 3 aliphatic rings. The van der Waals surface area contributed by atoms with Gasteiger partial charge in [-0.1, -0.05) is 87.5 Å². The zero-order valence-corrected chi connectivity index (χ0v) is 23.6. The van der Waals surface area contributed by atoms with E-state index in [9.17, 15) is 0 Å². The van der Waals surface area contributed by atoms with Crippen molar-refractivity contribution in [3.05, 3.63) is 0 Å². The molecule has 0 aliphatic heterocycles. The zero-order valence-electron chi connectivity index (χ0n) is 23.6. The Kier molecular flexibility index (Phi) is 10.2. The fraction of sp³-hybridized carbons (Fsp3) is 0.968. The number of hydrogen-bond donors (Lipinski definition) is 1. The first-order valence-electron chi connectivity index (χ1n) is 15.0. The van der Waals surface area contributed by atoms with Crippen LogP contribution in [0.25, 0.3) is 0 Å². The molecule has 2 nitrogen and oxygen atoms in total. The van der Waals surface area contributed by atoms with Crippen molar-refractivity contribution in [1.82, 2.24) is 5.32 Å². The van der Waals surface area contributed by atoms with Crippen LogP contribution in [0.2, 0.25) is 0 Å². The van der Waals surface area contributed by atoms with Crippen LogP contribution in [-0.4, -0.2) is 17.9 Å². The number of nitrogens with one attached hydrogen (secondary N) is 1. The van der Waals surface area contributed by atoms with Crippen LogP contribution in [0.15, 0.2) is 4.99 Å². The van der Waals surface area contributed by atoms with Crippen molar-refractivity contribution in [2.24, 2.45) is 58.3 Å². The van der Waals surface area contributed by atoms with Crippen molar-refractivity contribution >= 4 is 5.84 Å². The smallest absolute Gasteiger partial charge is 0.1000 e. The normalized spacial score (nSPS) is 35.1. The molecule has 3 fully saturated rings. The molecule has 1 N–H and O–H groups in total. The summed E-state index contributed by atoms with van der Waals surface area (Å²) in [5.41, 5.74) is 0. The van der Waals surface area contributed by atoms with Gasteiger partial charge in [-0.05, 0) is 85.9 Å². The molecular weight excluding hydrogens is 400 g/mol. The molecule has 3 aliphatic carbocycles. The van der Waals surface area contributed by atoms with Crippen LogP contribution in [0.4, 0.5) is 0 Å². The first-order chi connectivity index (χ1) is 15.7. The van der Waals surface area contributed by atoms with Gasteiger partial charge < -0.3 is 5.32 Å². The minimum Gasteiger partial charge on any atom is -0.370 e. The van der Waals surface area contributed by atoms with Gasteiger partial charge in [-0.3, -0.25) is 4.99 Å².